The number of aromatic nitrogens is 1. The van der Waals surface area contributed by atoms with Crippen molar-refractivity contribution in [2.45, 2.75) is 93.1 Å². The van der Waals surface area contributed by atoms with E-state index in [0.717, 1.165) is 25.0 Å². The quantitative estimate of drug-likeness (QED) is 0.599. The lowest BCUT2D eigenvalue weighted by Gasteiger charge is -2.53. The van der Waals surface area contributed by atoms with Gasteiger partial charge in [0.25, 0.3) is 0 Å². The summed E-state index contributed by atoms with van der Waals surface area (Å²) in [6, 6.07) is 0. The van der Waals surface area contributed by atoms with Crippen molar-refractivity contribution in [2.75, 3.05) is 18.4 Å². The third kappa shape index (κ3) is 5.29. The molecule has 7 heteroatoms. The summed E-state index contributed by atoms with van der Waals surface area (Å²) < 4.78 is 0. The number of hydrogen-bond acceptors (Lipinski definition) is 5. The lowest BCUT2D eigenvalue weighted by molar-refractivity contribution is -0.144. The second-order valence-electron chi connectivity index (χ2n) is 11.8. The van der Waals surface area contributed by atoms with Gasteiger partial charge < -0.3 is 15.3 Å². The van der Waals surface area contributed by atoms with Crippen molar-refractivity contribution < 1.29 is 14.7 Å². The van der Waals surface area contributed by atoms with Gasteiger partial charge in [-0.3, -0.25) is 9.59 Å². The Balaban J connectivity index is 1.81. The van der Waals surface area contributed by atoms with Crippen molar-refractivity contribution in [3.63, 3.8) is 0 Å². The topological polar surface area (TPSA) is 82.5 Å². The van der Waals surface area contributed by atoms with Crippen LogP contribution in [0.5, 0.6) is 0 Å². The molecule has 2 aliphatic carbocycles. The number of rotatable bonds is 6. The summed E-state index contributed by atoms with van der Waals surface area (Å²) in [7, 11) is 0. The third-order valence-corrected chi connectivity index (χ3v) is 8.95. The first-order valence-electron chi connectivity index (χ1n) is 12.6. The van der Waals surface area contributed by atoms with Crippen molar-refractivity contribution in [1.29, 1.82) is 0 Å². The maximum Gasteiger partial charge on any atom is 0.226 e. The van der Waals surface area contributed by atoms with Gasteiger partial charge in [0.1, 0.15) is 0 Å². The molecule has 6 nitrogen and oxygen atoms in total. The lowest BCUT2D eigenvalue weighted by Crippen LogP contribution is -2.53. The molecular formula is C26H43N3O3S. The fourth-order valence-electron chi connectivity index (χ4n) is 6.25. The Morgan fingerprint density at radius 1 is 1.30 bits per heavy atom. The van der Waals surface area contributed by atoms with E-state index in [1.54, 1.807) is 11.3 Å². The smallest absolute Gasteiger partial charge is 0.226 e. The summed E-state index contributed by atoms with van der Waals surface area (Å²) in [6.45, 7) is 18.0. The van der Waals surface area contributed by atoms with Crippen molar-refractivity contribution in [1.82, 2.24) is 9.88 Å². The van der Waals surface area contributed by atoms with Crippen molar-refractivity contribution in [3.8, 4) is 0 Å². The molecule has 0 saturated heterocycles. The summed E-state index contributed by atoms with van der Waals surface area (Å²) >= 11 is 1.59. The van der Waals surface area contributed by atoms with Gasteiger partial charge in [0.15, 0.2) is 5.13 Å². The Labute approximate surface area is 203 Å². The van der Waals surface area contributed by atoms with Crippen LogP contribution >= 0.6 is 11.3 Å². The number of aliphatic hydroxyl groups excluding tert-OH is 1. The highest BCUT2D eigenvalue weighted by Crippen LogP contribution is 2.57. The third-order valence-electron chi connectivity index (χ3n) is 7.97. The van der Waals surface area contributed by atoms with Gasteiger partial charge in [-0.15, -0.1) is 11.3 Å². The van der Waals surface area contributed by atoms with E-state index >= 15 is 0 Å². The van der Waals surface area contributed by atoms with E-state index < -0.39 is 6.10 Å². The Kier molecular flexibility index (Phi) is 7.64. The number of anilines is 1. The predicted molar refractivity (Wildman–Crippen MR) is 134 cm³/mol. The van der Waals surface area contributed by atoms with E-state index in [9.17, 15) is 14.7 Å². The average molecular weight is 478 g/mol. The molecule has 0 unspecified atom stereocenters. The van der Waals surface area contributed by atoms with E-state index in [1.807, 2.05) is 25.7 Å². The molecule has 0 bridgehead atoms. The fraction of sp³-hybridized carbons (Fsp3) is 0.808. The summed E-state index contributed by atoms with van der Waals surface area (Å²) in [5.74, 6) is 0.0428. The number of carbonyl (C=O) groups is 2. The fourth-order valence-corrected chi connectivity index (χ4v) is 7.53. The summed E-state index contributed by atoms with van der Waals surface area (Å²) in [5, 5.41) is 15.3. The molecule has 1 saturated carbocycles. The molecule has 1 aromatic rings. The molecule has 186 valence electrons. The molecular weight excluding hydrogens is 434 g/mol. The minimum absolute atomic E-state index is 0.00582. The number of nitrogens with zero attached hydrogens (tertiary/aromatic N) is 2. The minimum Gasteiger partial charge on any atom is -0.392 e. The molecule has 0 aliphatic heterocycles. The standard InChI is InChI=1S/C26H43N3O3S/c1-9-29(10-2)23(32)15(3)17-11-12-26(8)13-18-21(16(4)20(26)22(17)31)28-24(33-18)27-19(30)14-25(5,6)7/h15-17,20,22,31H,9-14H2,1-8H3,(H,27,28,30)/t15-,16-,17-,20+,22-,26-/m0/s1. The maximum absolute atomic E-state index is 13.0. The van der Waals surface area contributed by atoms with Crippen molar-refractivity contribution in [2.24, 2.45) is 28.6 Å². The molecule has 2 N–H and O–H groups in total. The van der Waals surface area contributed by atoms with Gasteiger partial charge in [-0.2, -0.15) is 0 Å². The largest absolute Gasteiger partial charge is 0.392 e. The van der Waals surface area contributed by atoms with Crippen LogP contribution in [0, 0.1) is 28.6 Å². The number of hydrogen-bond donors (Lipinski definition) is 2. The van der Waals surface area contributed by atoms with E-state index in [2.05, 4.69) is 39.9 Å². The van der Waals surface area contributed by atoms with Gasteiger partial charge in [-0.05, 0) is 55.8 Å². The van der Waals surface area contributed by atoms with Crippen LogP contribution in [0.2, 0.25) is 0 Å². The van der Waals surface area contributed by atoms with Crippen LogP contribution in [0.4, 0.5) is 5.13 Å². The van der Waals surface area contributed by atoms with Crippen LogP contribution in [-0.4, -0.2) is 46.0 Å². The highest BCUT2D eigenvalue weighted by atomic mass is 32.1. The average Bonchev–Trinajstić information content (AvgIpc) is 3.08. The monoisotopic (exact) mass is 477 g/mol. The first-order valence-corrected chi connectivity index (χ1v) is 13.4. The predicted octanol–water partition coefficient (Wildman–Crippen LogP) is 5.08. The summed E-state index contributed by atoms with van der Waals surface area (Å²) in [6.07, 6.45) is 2.63. The molecule has 1 heterocycles. The number of thiazole rings is 1. The zero-order chi connectivity index (χ0) is 24.7. The minimum atomic E-state index is -0.540. The van der Waals surface area contributed by atoms with E-state index in [1.165, 1.54) is 4.88 Å². The molecule has 0 spiro atoms. The zero-order valence-electron chi connectivity index (χ0n) is 21.7. The van der Waals surface area contributed by atoms with Crippen LogP contribution in [0.3, 0.4) is 0 Å². The van der Waals surface area contributed by atoms with E-state index in [0.29, 0.717) is 24.6 Å². The zero-order valence-corrected chi connectivity index (χ0v) is 22.5. The number of amides is 2. The first-order chi connectivity index (χ1) is 15.3. The first kappa shape index (κ1) is 26.1. The molecule has 3 rings (SSSR count). The van der Waals surface area contributed by atoms with Gasteiger partial charge in [0.2, 0.25) is 11.8 Å². The molecule has 0 radical (unpaired) electrons. The normalized spacial score (nSPS) is 30.2. The maximum atomic E-state index is 13.0. The number of carbonyl (C=O) groups excluding carboxylic acids is 2. The SMILES string of the molecule is CCN(CC)C(=O)[C@@H](C)[C@@H]1CC[C@@]2(C)Cc3sc(NC(=O)CC(C)(C)C)nc3[C@@H](C)[C@@H]2[C@H]1O. The summed E-state index contributed by atoms with van der Waals surface area (Å²) in [5.41, 5.74) is 0.908. The van der Waals surface area contributed by atoms with Crippen LogP contribution in [0.1, 0.15) is 91.1 Å². The molecule has 1 aromatic heterocycles. The van der Waals surface area contributed by atoms with Crippen LogP contribution < -0.4 is 5.32 Å². The van der Waals surface area contributed by atoms with Crippen LogP contribution in [-0.2, 0) is 16.0 Å². The lowest BCUT2D eigenvalue weighted by atomic mass is 9.53. The second-order valence-corrected chi connectivity index (χ2v) is 12.8. The Bertz CT molecular complexity index is 873. The van der Waals surface area contributed by atoms with Crippen molar-refractivity contribution in [3.05, 3.63) is 10.6 Å². The molecule has 2 aliphatic rings. The van der Waals surface area contributed by atoms with Gasteiger partial charge in [-0.25, -0.2) is 4.98 Å². The summed E-state index contributed by atoms with van der Waals surface area (Å²) in [4.78, 5) is 33.4. The highest BCUT2D eigenvalue weighted by molar-refractivity contribution is 7.15. The van der Waals surface area contributed by atoms with Gasteiger partial charge in [-0.1, -0.05) is 41.5 Å². The van der Waals surface area contributed by atoms with Crippen molar-refractivity contribution >= 4 is 28.3 Å². The molecule has 0 aromatic carbocycles. The number of aliphatic hydroxyl groups is 1. The van der Waals surface area contributed by atoms with Gasteiger partial charge >= 0.3 is 0 Å². The Hall–Kier alpha value is -1.47. The Morgan fingerprint density at radius 3 is 2.52 bits per heavy atom. The molecule has 6 atom stereocenters. The van der Waals surface area contributed by atoms with E-state index in [4.69, 9.17) is 4.98 Å². The molecule has 2 amide bonds. The highest BCUT2D eigenvalue weighted by Gasteiger charge is 2.54. The van der Waals surface area contributed by atoms with Gasteiger partial charge in [0, 0.05) is 36.2 Å². The Morgan fingerprint density at radius 2 is 1.94 bits per heavy atom. The molecule has 1 fully saturated rings. The number of nitrogens with one attached hydrogen (secondary N) is 1. The molecule has 33 heavy (non-hydrogen) atoms. The van der Waals surface area contributed by atoms with Gasteiger partial charge in [0.05, 0.1) is 11.8 Å². The van der Waals surface area contributed by atoms with Crippen LogP contribution in [0.25, 0.3) is 0 Å². The van der Waals surface area contributed by atoms with Crippen LogP contribution in [0.15, 0.2) is 0 Å². The second kappa shape index (κ2) is 9.65. The number of fused-ring (bicyclic) bond motifs is 2. The van der Waals surface area contributed by atoms with E-state index in [-0.39, 0.29) is 46.3 Å².